The third-order valence-corrected chi connectivity index (χ3v) is 4.05. The molecule has 1 fully saturated rings. The summed E-state index contributed by atoms with van der Waals surface area (Å²) in [5, 5.41) is 3.29. The molecule has 1 saturated heterocycles. The minimum atomic E-state index is 0.116. The molecular formula is C17H21N3O2. The lowest BCUT2D eigenvalue weighted by Crippen LogP contribution is -2.52. The Morgan fingerprint density at radius 3 is 2.91 bits per heavy atom. The van der Waals surface area contributed by atoms with Crippen molar-refractivity contribution in [2.24, 2.45) is 0 Å². The average Bonchev–Trinajstić information content (AvgIpc) is 2.89. The number of benzene rings is 1. The van der Waals surface area contributed by atoms with Gasteiger partial charge in [-0.2, -0.15) is 0 Å². The van der Waals surface area contributed by atoms with Gasteiger partial charge in [0, 0.05) is 31.2 Å². The van der Waals surface area contributed by atoms with Crippen LogP contribution in [0.2, 0.25) is 0 Å². The van der Waals surface area contributed by atoms with Gasteiger partial charge in [-0.05, 0) is 26.0 Å². The summed E-state index contributed by atoms with van der Waals surface area (Å²) in [6.45, 7) is 6.38. The molecule has 2 aromatic rings. The molecule has 1 aliphatic rings. The van der Waals surface area contributed by atoms with E-state index in [2.05, 4.69) is 17.2 Å². The SMILES string of the molecule is Cc1oc(-c2ccccc2)nc1CC(=O)N1CCNCC1C. The summed E-state index contributed by atoms with van der Waals surface area (Å²) < 4.78 is 5.72. The van der Waals surface area contributed by atoms with E-state index in [0.29, 0.717) is 12.3 Å². The van der Waals surface area contributed by atoms with E-state index in [4.69, 9.17) is 4.42 Å². The number of aromatic nitrogens is 1. The fourth-order valence-electron chi connectivity index (χ4n) is 2.75. The first-order valence-corrected chi connectivity index (χ1v) is 7.67. The number of carbonyl (C=O) groups excluding carboxylic acids is 1. The van der Waals surface area contributed by atoms with Gasteiger partial charge in [0.1, 0.15) is 5.76 Å². The van der Waals surface area contributed by atoms with Gasteiger partial charge in [0.05, 0.1) is 12.1 Å². The monoisotopic (exact) mass is 299 g/mol. The number of hydrogen-bond donors (Lipinski definition) is 1. The van der Waals surface area contributed by atoms with Crippen molar-refractivity contribution in [2.75, 3.05) is 19.6 Å². The van der Waals surface area contributed by atoms with Crippen molar-refractivity contribution in [3.8, 4) is 11.5 Å². The van der Waals surface area contributed by atoms with Crippen molar-refractivity contribution in [2.45, 2.75) is 26.3 Å². The van der Waals surface area contributed by atoms with Crippen molar-refractivity contribution in [3.63, 3.8) is 0 Å². The van der Waals surface area contributed by atoms with E-state index >= 15 is 0 Å². The summed E-state index contributed by atoms with van der Waals surface area (Å²) >= 11 is 0. The molecule has 1 N–H and O–H groups in total. The van der Waals surface area contributed by atoms with Crippen LogP contribution in [0, 0.1) is 6.92 Å². The zero-order valence-corrected chi connectivity index (χ0v) is 13.0. The highest BCUT2D eigenvalue weighted by Gasteiger charge is 2.24. The van der Waals surface area contributed by atoms with E-state index < -0.39 is 0 Å². The van der Waals surface area contributed by atoms with Gasteiger partial charge < -0.3 is 14.6 Å². The van der Waals surface area contributed by atoms with E-state index in [-0.39, 0.29) is 11.9 Å². The van der Waals surface area contributed by atoms with Crippen molar-refractivity contribution >= 4 is 5.91 Å². The Morgan fingerprint density at radius 2 is 2.18 bits per heavy atom. The molecule has 0 aliphatic carbocycles. The fourth-order valence-corrected chi connectivity index (χ4v) is 2.75. The van der Waals surface area contributed by atoms with Crippen LogP contribution in [0.5, 0.6) is 0 Å². The Bertz CT molecular complexity index is 651. The highest BCUT2D eigenvalue weighted by Crippen LogP contribution is 2.22. The van der Waals surface area contributed by atoms with Crippen molar-refractivity contribution in [1.82, 2.24) is 15.2 Å². The van der Waals surface area contributed by atoms with Gasteiger partial charge in [0.2, 0.25) is 11.8 Å². The molecule has 1 unspecified atom stereocenters. The Morgan fingerprint density at radius 1 is 1.41 bits per heavy atom. The molecule has 0 bridgehead atoms. The second-order valence-electron chi connectivity index (χ2n) is 5.70. The number of hydrogen-bond acceptors (Lipinski definition) is 4. The number of nitrogens with one attached hydrogen (secondary N) is 1. The Kier molecular flexibility index (Phi) is 4.24. The third kappa shape index (κ3) is 3.04. The minimum Gasteiger partial charge on any atom is -0.441 e. The van der Waals surface area contributed by atoms with Gasteiger partial charge in [0.15, 0.2) is 0 Å². The Hall–Kier alpha value is -2.14. The van der Waals surface area contributed by atoms with Crippen LogP contribution in [0.1, 0.15) is 18.4 Å². The largest absolute Gasteiger partial charge is 0.441 e. The molecule has 0 spiro atoms. The van der Waals surface area contributed by atoms with E-state index in [1.54, 1.807) is 0 Å². The molecule has 1 atom stereocenters. The molecular weight excluding hydrogens is 278 g/mol. The minimum absolute atomic E-state index is 0.116. The highest BCUT2D eigenvalue weighted by atomic mass is 16.4. The number of aryl methyl sites for hydroxylation is 1. The van der Waals surface area contributed by atoms with Crippen molar-refractivity contribution in [3.05, 3.63) is 41.8 Å². The van der Waals surface area contributed by atoms with E-state index in [1.165, 1.54) is 0 Å². The summed E-state index contributed by atoms with van der Waals surface area (Å²) in [4.78, 5) is 18.9. The summed E-state index contributed by atoms with van der Waals surface area (Å²) in [5.74, 6) is 1.41. The van der Waals surface area contributed by atoms with Gasteiger partial charge in [0.25, 0.3) is 0 Å². The second kappa shape index (κ2) is 6.32. The zero-order valence-electron chi connectivity index (χ0n) is 13.0. The molecule has 0 radical (unpaired) electrons. The molecule has 0 saturated carbocycles. The van der Waals surface area contributed by atoms with Crippen molar-refractivity contribution < 1.29 is 9.21 Å². The lowest BCUT2D eigenvalue weighted by atomic mass is 10.1. The lowest BCUT2D eigenvalue weighted by Gasteiger charge is -2.33. The maximum Gasteiger partial charge on any atom is 0.229 e. The van der Waals surface area contributed by atoms with Crippen LogP contribution in [0.3, 0.4) is 0 Å². The molecule has 5 heteroatoms. The lowest BCUT2D eigenvalue weighted by molar-refractivity contribution is -0.133. The summed E-state index contributed by atoms with van der Waals surface area (Å²) in [6.07, 6.45) is 0.298. The maximum atomic E-state index is 12.5. The van der Waals surface area contributed by atoms with Gasteiger partial charge in [-0.15, -0.1) is 0 Å². The van der Waals surface area contributed by atoms with Gasteiger partial charge in [-0.25, -0.2) is 4.98 Å². The quantitative estimate of drug-likeness (QED) is 0.942. The first-order valence-electron chi connectivity index (χ1n) is 7.67. The van der Waals surface area contributed by atoms with Crippen LogP contribution in [0.4, 0.5) is 0 Å². The van der Waals surface area contributed by atoms with Crippen LogP contribution < -0.4 is 5.32 Å². The van der Waals surface area contributed by atoms with Gasteiger partial charge >= 0.3 is 0 Å². The summed E-state index contributed by atoms with van der Waals surface area (Å²) in [5.41, 5.74) is 1.66. The molecule has 116 valence electrons. The molecule has 22 heavy (non-hydrogen) atoms. The van der Waals surface area contributed by atoms with Gasteiger partial charge in [-0.1, -0.05) is 18.2 Å². The molecule has 3 rings (SSSR count). The topological polar surface area (TPSA) is 58.4 Å². The first-order chi connectivity index (χ1) is 10.6. The maximum absolute atomic E-state index is 12.5. The first kappa shape index (κ1) is 14.8. The van der Waals surface area contributed by atoms with E-state index in [1.807, 2.05) is 42.2 Å². The van der Waals surface area contributed by atoms with Crippen LogP contribution in [0.25, 0.3) is 11.5 Å². The predicted octanol–water partition coefficient (Wildman–Crippen LogP) is 2.01. The molecule has 1 amide bonds. The van der Waals surface area contributed by atoms with Crippen LogP contribution in [-0.2, 0) is 11.2 Å². The summed E-state index contributed by atoms with van der Waals surface area (Å²) in [6, 6.07) is 9.98. The number of oxazole rings is 1. The number of piperazine rings is 1. The standard InChI is InChI=1S/C17H21N3O2/c1-12-11-18-8-9-20(12)16(21)10-15-13(2)22-17(19-15)14-6-4-3-5-7-14/h3-7,12,18H,8-11H2,1-2H3. The number of rotatable bonds is 3. The zero-order chi connectivity index (χ0) is 15.5. The van der Waals surface area contributed by atoms with Crippen LogP contribution in [-0.4, -0.2) is 41.5 Å². The Balaban J connectivity index is 1.75. The molecule has 5 nitrogen and oxygen atoms in total. The fraction of sp³-hybridized carbons (Fsp3) is 0.412. The number of carbonyl (C=O) groups is 1. The van der Waals surface area contributed by atoms with Crippen molar-refractivity contribution in [1.29, 1.82) is 0 Å². The van der Waals surface area contributed by atoms with Gasteiger partial charge in [-0.3, -0.25) is 4.79 Å². The van der Waals surface area contributed by atoms with E-state index in [9.17, 15) is 4.79 Å². The number of amides is 1. The van der Waals surface area contributed by atoms with Crippen LogP contribution >= 0.6 is 0 Å². The second-order valence-corrected chi connectivity index (χ2v) is 5.70. The van der Waals surface area contributed by atoms with Crippen LogP contribution in [0.15, 0.2) is 34.7 Å². The normalized spacial score (nSPS) is 18.5. The molecule has 1 aromatic carbocycles. The predicted molar refractivity (Wildman–Crippen MR) is 84.4 cm³/mol. The third-order valence-electron chi connectivity index (χ3n) is 4.05. The smallest absolute Gasteiger partial charge is 0.229 e. The average molecular weight is 299 g/mol. The van der Waals surface area contributed by atoms with E-state index in [0.717, 1.165) is 36.7 Å². The Labute approximate surface area is 130 Å². The molecule has 1 aliphatic heterocycles. The highest BCUT2D eigenvalue weighted by molar-refractivity contribution is 5.79. The summed E-state index contributed by atoms with van der Waals surface area (Å²) in [7, 11) is 0. The molecule has 2 heterocycles. The number of nitrogens with zero attached hydrogens (tertiary/aromatic N) is 2. The molecule has 1 aromatic heterocycles.